The van der Waals surface area contributed by atoms with Crippen molar-refractivity contribution in [1.82, 2.24) is 4.90 Å². The third kappa shape index (κ3) is 3.96. The first-order valence-electron chi connectivity index (χ1n) is 7.94. The zero-order valence-corrected chi connectivity index (χ0v) is 13.5. The van der Waals surface area contributed by atoms with Crippen LogP contribution < -0.4 is 0 Å². The van der Waals surface area contributed by atoms with Crippen LogP contribution in [0.2, 0.25) is 0 Å². The number of nitrogens with zero attached hydrogens (tertiary/aromatic N) is 1. The van der Waals surface area contributed by atoms with Crippen LogP contribution in [0.5, 0.6) is 0 Å². The normalized spacial score (nSPS) is 18.0. The number of likely N-dealkylation sites (tertiary alicyclic amines) is 1. The molecular formula is C19H29N. The van der Waals surface area contributed by atoms with Gasteiger partial charge in [0.25, 0.3) is 0 Å². The molecule has 1 aliphatic heterocycles. The highest BCUT2D eigenvalue weighted by Gasteiger charge is 2.28. The first-order valence-corrected chi connectivity index (χ1v) is 7.94. The molecule has 1 aromatic carbocycles. The van der Waals surface area contributed by atoms with Crippen molar-refractivity contribution in [2.75, 3.05) is 13.1 Å². The molecule has 0 aliphatic carbocycles. The molecule has 0 saturated carbocycles. The second kappa shape index (κ2) is 6.58. The molecule has 1 nitrogen and oxygen atoms in total. The van der Waals surface area contributed by atoms with E-state index in [-0.39, 0.29) is 5.41 Å². The Morgan fingerprint density at radius 3 is 2.30 bits per heavy atom. The van der Waals surface area contributed by atoms with E-state index in [9.17, 15) is 0 Å². The summed E-state index contributed by atoms with van der Waals surface area (Å²) in [7, 11) is 0. The van der Waals surface area contributed by atoms with E-state index < -0.39 is 0 Å². The maximum absolute atomic E-state index is 2.66. The quantitative estimate of drug-likeness (QED) is 0.696. The topological polar surface area (TPSA) is 3.24 Å². The number of rotatable bonds is 5. The van der Waals surface area contributed by atoms with Crippen LogP contribution in [0.3, 0.4) is 0 Å². The highest BCUT2D eigenvalue weighted by atomic mass is 15.2. The van der Waals surface area contributed by atoms with Gasteiger partial charge in [0.2, 0.25) is 0 Å². The van der Waals surface area contributed by atoms with Crippen molar-refractivity contribution >= 4 is 0 Å². The summed E-state index contributed by atoms with van der Waals surface area (Å²) in [6.07, 6.45) is 6.38. The molecule has 0 amide bonds. The van der Waals surface area contributed by atoms with E-state index >= 15 is 0 Å². The molecule has 0 spiro atoms. The summed E-state index contributed by atoms with van der Waals surface area (Å²) in [6.45, 7) is 11.7. The van der Waals surface area contributed by atoms with E-state index in [0.29, 0.717) is 6.04 Å². The maximum atomic E-state index is 2.66. The van der Waals surface area contributed by atoms with E-state index in [1.54, 1.807) is 0 Å². The molecule has 1 saturated heterocycles. The van der Waals surface area contributed by atoms with Gasteiger partial charge < -0.3 is 0 Å². The molecule has 110 valence electrons. The van der Waals surface area contributed by atoms with Gasteiger partial charge in [-0.3, -0.25) is 4.90 Å². The predicted octanol–water partition coefficient (Wildman–Crippen LogP) is 4.78. The summed E-state index contributed by atoms with van der Waals surface area (Å²) < 4.78 is 0. The molecule has 0 radical (unpaired) electrons. The first-order chi connectivity index (χ1) is 9.49. The van der Waals surface area contributed by atoms with Crippen LogP contribution in [0.15, 0.2) is 42.0 Å². The smallest absolute Gasteiger partial charge is 0.0288 e. The number of allylic oxidation sites excluding steroid dienone is 1. The molecule has 20 heavy (non-hydrogen) atoms. The third-order valence-electron chi connectivity index (χ3n) is 4.41. The zero-order chi connectivity index (χ0) is 14.6. The van der Waals surface area contributed by atoms with Crippen molar-refractivity contribution in [3.63, 3.8) is 0 Å². The largest absolute Gasteiger partial charge is 0.297 e. The van der Waals surface area contributed by atoms with Gasteiger partial charge in [-0.15, -0.1) is 0 Å². The van der Waals surface area contributed by atoms with Gasteiger partial charge in [-0.05, 0) is 57.2 Å². The summed E-state index contributed by atoms with van der Waals surface area (Å²) in [6, 6.07) is 11.5. The molecule has 1 aliphatic rings. The first kappa shape index (κ1) is 15.3. The Hall–Kier alpha value is -1.08. The number of hydrogen-bond donors (Lipinski definition) is 0. The van der Waals surface area contributed by atoms with Gasteiger partial charge in [0.15, 0.2) is 0 Å². The fraction of sp³-hybridized carbons (Fsp3) is 0.579. The summed E-state index contributed by atoms with van der Waals surface area (Å²) >= 11 is 0. The van der Waals surface area contributed by atoms with Crippen LogP contribution in [0.1, 0.15) is 52.5 Å². The molecule has 1 heteroatoms. The van der Waals surface area contributed by atoms with Crippen LogP contribution in [-0.4, -0.2) is 24.0 Å². The minimum Gasteiger partial charge on any atom is -0.297 e. The van der Waals surface area contributed by atoms with Crippen molar-refractivity contribution in [3.05, 3.63) is 47.5 Å². The minimum atomic E-state index is 0.223. The van der Waals surface area contributed by atoms with E-state index in [0.717, 1.165) is 0 Å². The Balaban J connectivity index is 2.16. The lowest BCUT2D eigenvalue weighted by molar-refractivity contribution is 0.238. The molecule has 0 bridgehead atoms. The monoisotopic (exact) mass is 271 g/mol. The van der Waals surface area contributed by atoms with E-state index in [1.165, 1.54) is 43.5 Å². The molecule has 1 aromatic rings. The molecule has 1 fully saturated rings. The van der Waals surface area contributed by atoms with Crippen LogP contribution >= 0.6 is 0 Å². The average molecular weight is 271 g/mol. The SMILES string of the molecule is CC(C)=CC(CC(C)(C)c1ccccc1)N1CCCC1. The number of hydrogen-bond acceptors (Lipinski definition) is 1. The Bertz CT molecular complexity index is 434. The van der Waals surface area contributed by atoms with Gasteiger partial charge in [-0.25, -0.2) is 0 Å². The van der Waals surface area contributed by atoms with Crippen molar-refractivity contribution in [1.29, 1.82) is 0 Å². The third-order valence-corrected chi connectivity index (χ3v) is 4.41. The summed E-state index contributed by atoms with van der Waals surface area (Å²) in [5, 5.41) is 0. The zero-order valence-electron chi connectivity index (χ0n) is 13.5. The molecule has 1 atom stereocenters. The van der Waals surface area contributed by atoms with Crippen LogP contribution in [0.4, 0.5) is 0 Å². The highest BCUT2D eigenvalue weighted by Crippen LogP contribution is 2.31. The van der Waals surface area contributed by atoms with Crippen molar-refractivity contribution in [3.8, 4) is 0 Å². The molecule has 1 heterocycles. The lowest BCUT2D eigenvalue weighted by Gasteiger charge is -2.34. The fourth-order valence-corrected chi connectivity index (χ4v) is 3.28. The van der Waals surface area contributed by atoms with E-state index in [1.807, 2.05) is 0 Å². The average Bonchev–Trinajstić information content (AvgIpc) is 2.92. The van der Waals surface area contributed by atoms with E-state index in [2.05, 4.69) is 69.0 Å². The Labute approximate surface area is 124 Å². The minimum absolute atomic E-state index is 0.223. The standard InChI is InChI=1S/C19H29N/c1-16(2)14-18(20-12-8-9-13-20)15-19(3,4)17-10-6-5-7-11-17/h5-7,10-11,14,18H,8-9,12-13,15H2,1-4H3. The van der Waals surface area contributed by atoms with E-state index in [4.69, 9.17) is 0 Å². The van der Waals surface area contributed by atoms with Gasteiger partial charge in [-0.2, -0.15) is 0 Å². The predicted molar refractivity (Wildman–Crippen MR) is 88.1 cm³/mol. The van der Waals surface area contributed by atoms with Gasteiger partial charge >= 0.3 is 0 Å². The molecule has 0 aromatic heterocycles. The van der Waals surface area contributed by atoms with Crippen molar-refractivity contribution < 1.29 is 0 Å². The van der Waals surface area contributed by atoms with Crippen LogP contribution in [0, 0.1) is 0 Å². The summed E-state index contributed by atoms with van der Waals surface area (Å²) in [5.74, 6) is 0. The summed E-state index contributed by atoms with van der Waals surface area (Å²) in [4.78, 5) is 2.66. The second-order valence-electron chi connectivity index (χ2n) is 7.01. The molecular weight excluding hydrogens is 242 g/mol. The molecule has 0 N–H and O–H groups in total. The Morgan fingerprint density at radius 2 is 1.75 bits per heavy atom. The van der Waals surface area contributed by atoms with Gasteiger partial charge in [-0.1, -0.05) is 55.8 Å². The summed E-state index contributed by atoms with van der Waals surface area (Å²) in [5.41, 5.74) is 3.11. The number of benzene rings is 1. The van der Waals surface area contributed by atoms with Crippen LogP contribution in [-0.2, 0) is 5.41 Å². The van der Waals surface area contributed by atoms with Crippen LogP contribution in [0.25, 0.3) is 0 Å². The fourth-order valence-electron chi connectivity index (χ4n) is 3.28. The molecule has 2 rings (SSSR count). The van der Waals surface area contributed by atoms with Crippen molar-refractivity contribution in [2.24, 2.45) is 0 Å². The van der Waals surface area contributed by atoms with Gasteiger partial charge in [0.1, 0.15) is 0 Å². The maximum Gasteiger partial charge on any atom is 0.0288 e. The van der Waals surface area contributed by atoms with Gasteiger partial charge in [0, 0.05) is 6.04 Å². The van der Waals surface area contributed by atoms with Gasteiger partial charge in [0.05, 0.1) is 0 Å². The Kier molecular flexibility index (Phi) is 5.04. The van der Waals surface area contributed by atoms with Crippen molar-refractivity contribution in [2.45, 2.75) is 58.4 Å². The Morgan fingerprint density at radius 1 is 1.15 bits per heavy atom. The molecule has 1 unspecified atom stereocenters. The lowest BCUT2D eigenvalue weighted by Crippen LogP contribution is -2.36. The highest BCUT2D eigenvalue weighted by molar-refractivity contribution is 5.24. The lowest BCUT2D eigenvalue weighted by atomic mass is 9.78. The second-order valence-corrected chi connectivity index (χ2v) is 7.01.